The number of anilines is 1. The molecule has 1 rings (SSSR count). The molecule has 0 bridgehead atoms. The average molecular weight is 248 g/mol. The zero-order valence-electron chi connectivity index (χ0n) is 12.6. The Bertz CT molecular complexity index is 331. The zero-order chi connectivity index (χ0) is 13.5. The van der Waals surface area contributed by atoms with E-state index in [-0.39, 0.29) is 0 Å². The Morgan fingerprint density at radius 2 is 1.67 bits per heavy atom. The van der Waals surface area contributed by atoms with Gasteiger partial charge in [0.25, 0.3) is 0 Å². The lowest BCUT2D eigenvalue weighted by atomic mass is 10.2. The van der Waals surface area contributed by atoms with Crippen molar-refractivity contribution >= 4 is 5.69 Å². The highest BCUT2D eigenvalue weighted by Crippen LogP contribution is 2.14. The molecule has 0 amide bonds. The number of benzene rings is 1. The number of hydrogen-bond donors (Lipinski definition) is 0. The summed E-state index contributed by atoms with van der Waals surface area (Å²) in [5, 5.41) is 0. The Morgan fingerprint density at radius 1 is 1.06 bits per heavy atom. The van der Waals surface area contributed by atoms with Crippen molar-refractivity contribution in [3.63, 3.8) is 0 Å². The first-order chi connectivity index (χ1) is 8.58. The SMILES string of the molecule is CCC(C)N(C)CCN(CC)c1ccc(C)cc1. The number of rotatable bonds is 7. The Morgan fingerprint density at radius 3 is 2.17 bits per heavy atom. The van der Waals surface area contributed by atoms with Crippen LogP contribution in [0.15, 0.2) is 24.3 Å². The van der Waals surface area contributed by atoms with Gasteiger partial charge in [-0.15, -0.1) is 0 Å². The summed E-state index contributed by atoms with van der Waals surface area (Å²) in [6.07, 6.45) is 1.22. The number of aryl methyl sites for hydroxylation is 1. The van der Waals surface area contributed by atoms with E-state index in [0.29, 0.717) is 6.04 Å². The fourth-order valence-corrected chi connectivity index (χ4v) is 2.04. The summed E-state index contributed by atoms with van der Waals surface area (Å²) >= 11 is 0. The van der Waals surface area contributed by atoms with Gasteiger partial charge in [-0.3, -0.25) is 0 Å². The van der Waals surface area contributed by atoms with E-state index in [1.54, 1.807) is 0 Å². The first-order valence-electron chi connectivity index (χ1n) is 7.10. The van der Waals surface area contributed by atoms with Gasteiger partial charge in [0.2, 0.25) is 0 Å². The largest absolute Gasteiger partial charge is 0.371 e. The van der Waals surface area contributed by atoms with Crippen molar-refractivity contribution in [3.05, 3.63) is 29.8 Å². The van der Waals surface area contributed by atoms with E-state index >= 15 is 0 Å². The lowest BCUT2D eigenvalue weighted by Gasteiger charge is -2.29. The van der Waals surface area contributed by atoms with Gasteiger partial charge in [-0.25, -0.2) is 0 Å². The van der Waals surface area contributed by atoms with Crippen LogP contribution in [0.3, 0.4) is 0 Å². The molecule has 1 aromatic carbocycles. The van der Waals surface area contributed by atoms with Gasteiger partial charge in [-0.1, -0.05) is 24.6 Å². The van der Waals surface area contributed by atoms with Crippen molar-refractivity contribution in [1.29, 1.82) is 0 Å². The standard InChI is InChI=1S/C16H28N2/c1-6-15(4)17(5)12-13-18(7-2)16-10-8-14(3)9-11-16/h8-11,15H,6-7,12-13H2,1-5H3. The minimum Gasteiger partial charge on any atom is -0.371 e. The van der Waals surface area contributed by atoms with E-state index in [1.807, 2.05) is 0 Å². The van der Waals surface area contributed by atoms with Crippen LogP contribution in [0.4, 0.5) is 5.69 Å². The molecule has 0 aromatic heterocycles. The lowest BCUT2D eigenvalue weighted by Crippen LogP contribution is -2.37. The van der Waals surface area contributed by atoms with Crippen LogP contribution in [0.1, 0.15) is 32.8 Å². The van der Waals surface area contributed by atoms with Gasteiger partial charge in [-0.05, 0) is 46.4 Å². The highest BCUT2D eigenvalue weighted by Gasteiger charge is 2.09. The van der Waals surface area contributed by atoms with Crippen LogP contribution in [0.5, 0.6) is 0 Å². The number of nitrogens with zero attached hydrogens (tertiary/aromatic N) is 2. The molecule has 0 fully saturated rings. The molecule has 0 N–H and O–H groups in total. The second kappa shape index (κ2) is 7.42. The van der Waals surface area contributed by atoms with Crippen molar-refractivity contribution in [3.8, 4) is 0 Å². The average Bonchev–Trinajstić information content (AvgIpc) is 2.40. The summed E-state index contributed by atoms with van der Waals surface area (Å²) < 4.78 is 0. The fraction of sp³-hybridized carbons (Fsp3) is 0.625. The van der Waals surface area contributed by atoms with E-state index in [0.717, 1.165) is 19.6 Å². The van der Waals surface area contributed by atoms with Crippen LogP contribution in [0.25, 0.3) is 0 Å². The van der Waals surface area contributed by atoms with Crippen LogP contribution in [0.2, 0.25) is 0 Å². The van der Waals surface area contributed by atoms with Gasteiger partial charge in [0.05, 0.1) is 0 Å². The maximum Gasteiger partial charge on any atom is 0.0366 e. The third-order valence-corrected chi connectivity index (χ3v) is 3.85. The summed E-state index contributed by atoms with van der Waals surface area (Å²) in [5.74, 6) is 0. The Balaban J connectivity index is 2.54. The quantitative estimate of drug-likeness (QED) is 0.728. The van der Waals surface area contributed by atoms with Crippen LogP contribution < -0.4 is 4.90 Å². The first kappa shape index (κ1) is 15.0. The molecule has 0 aliphatic heterocycles. The van der Waals surface area contributed by atoms with Crippen molar-refractivity contribution < 1.29 is 0 Å². The van der Waals surface area contributed by atoms with Crippen LogP contribution in [0, 0.1) is 6.92 Å². The Hall–Kier alpha value is -1.02. The lowest BCUT2D eigenvalue weighted by molar-refractivity contribution is 0.257. The van der Waals surface area contributed by atoms with Crippen molar-refractivity contribution in [2.45, 2.75) is 40.2 Å². The van der Waals surface area contributed by atoms with Gasteiger partial charge < -0.3 is 9.80 Å². The molecule has 0 radical (unpaired) electrons. The molecule has 0 heterocycles. The van der Waals surface area contributed by atoms with Gasteiger partial charge in [0, 0.05) is 31.4 Å². The second-order valence-corrected chi connectivity index (χ2v) is 5.15. The number of likely N-dealkylation sites (N-methyl/N-ethyl adjacent to an activating group) is 2. The molecule has 102 valence electrons. The maximum atomic E-state index is 2.44. The van der Waals surface area contributed by atoms with E-state index in [1.165, 1.54) is 17.7 Å². The van der Waals surface area contributed by atoms with Crippen LogP contribution in [-0.4, -0.2) is 37.6 Å². The third-order valence-electron chi connectivity index (χ3n) is 3.85. The molecule has 0 aliphatic carbocycles. The zero-order valence-corrected chi connectivity index (χ0v) is 12.6. The highest BCUT2D eigenvalue weighted by molar-refractivity contribution is 5.47. The Kier molecular flexibility index (Phi) is 6.20. The summed E-state index contributed by atoms with van der Waals surface area (Å²) in [6, 6.07) is 9.50. The van der Waals surface area contributed by atoms with Crippen LogP contribution >= 0.6 is 0 Å². The minimum atomic E-state index is 0.668. The number of hydrogen-bond acceptors (Lipinski definition) is 2. The van der Waals surface area contributed by atoms with Crippen molar-refractivity contribution in [2.75, 3.05) is 31.6 Å². The second-order valence-electron chi connectivity index (χ2n) is 5.15. The fourth-order valence-electron chi connectivity index (χ4n) is 2.04. The molecule has 2 nitrogen and oxygen atoms in total. The van der Waals surface area contributed by atoms with Gasteiger partial charge >= 0.3 is 0 Å². The smallest absolute Gasteiger partial charge is 0.0366 e. The van der Waals surface area contributed by atoms with E-state index < -0.39 is 0 Å². The monoisotopic (exact) mass is 248 g/mol. The van der Waals surface area contributed by atoms with E-state index in [9.17, 15) is 0 Å². The molecule has 0 aliphatic rings. The van der Waals surface area contributed by atoms with E-state index in [2.05, 4.69) is 68.8 Å². The Labute approximate surface area is 113 Å². The maximum absolute atomic E-state index is 2.44. The predicted octanol–water partition coefficient (Wildman–Crippen LogP) is 3.55. The predicted molar refractivity (Wildman–Crippen MR) is 81.4 cm³/mol. The minimum absolute atomic E-state index is 0.668. The molecule has 1 atom stereocenters. The molecule has 2 heteroatoms. The molecular weight excluding hydrogens is 220 g/mol. The third kappa shape index (κ3) is 4.34. The van der Waals surface area contributed by atoms with Crippen molar-refractivity contribution in [2.24, 2.45) is 0 Å². The van der Waals surface area contributed by atoms with Gasteiger partial charge in [-0.2, -0.15) is 0 Å². The van der Waals surface area contributed by atoms with Gasteiger partial charge in [0.1, 0.15) is 0 Å². The summed E-state index contributed by atoms with van der Waals surface area (Å²) in [7, 11) is 2.22. The molecule has 18 heavy (non-hydrogen) atoms. The molecule has 0 spiro atoms. The van der Waals surface area contributed by atoms with Crippen LogP contribution in [-0.2, 0) is 0 Å². The van der Waals surface area contributed by atoms with Crippen molar-refractivity contribution in [1.82, 2.24) is 4.90 Å². The molecular formula is C16H28N2. The molecule has 1 unspecified atom stereocenters. The molecule has 0 saturated heterocycles. The summed E-state index contributed by atoms with van der Waals surface area (Å²) in [6.45, 7) is 12.2. The normalized spacial score (nSPS) is 12.8. The highest BCUT2D eigenvalue weighted by atomic mass is 15.2. The summed E-state index contributed by atoms with van der Waals surface area (Å²) in [4.78, 5) is 4.88. The summed E-state index contributed by atoms with van der Waals surface area (Å²) in [5.41, 5.74) is 2.66. The van der Waals surface area contributed by atoms with E-state index in [4.69, 9.17) is 0 Å². The topological polar surface area (TPSA) is 6.48 Å². The molecule has 1 aromatic rings. The first-order valence-corrected chi connectivity index (χ1v) is 7.10. The molecule has 0 saturated carbocycles. The van der Waals surface area contributed by atoms with Gasteiger partial charge in [0.15, 0.2) is 0 Å².